The van der Waals surface area contributed by atoms with Crippen LogP contribution >= 0.6 is 0 Å². The van der Waals surface area contributed by atoms with E-state index in [1.54, 1.807) is 19.1 Å². The van der Waals surface area contributed by atoms with Crippen molar-refractivity contribution in [3.05, 3.63) is 41.3 Å². The predicted octanol–water partition coefficient (Wildman–Crippen LogP) is 3.72. The maximum absolute atomic E-state index is 13.7. The Labute approximate surface area is 128 Å². The second-order valence-corrected chi connectivity index (χ2v) is 5.73. The number of hydrogen-bond acceptors (Lipinski definition) is 2. The molecule has 1 aromatic heterocycles. The summed E-state index contributed by atoms with van der Waals surface area (Å²) in [4.78, 5) is 11.4. The average molecular weight is 303 g/mol. The summed E-state index contributed by atoms with van der Waals surface area (Å²) in [6.45, 7) is 2.55. The quantitative estimate of drug-likeness (QED) is 0.916. The van der Waals surface area contributed by atoms with E-state index in [2.05, 4.69) is 0 Å². The van der Waals surface area contributed by atoms with Crippen LogP contribution in [0.4, 0.5) is 4.39 Å². The first-order valence-corrected chi connectivity index (χ1v) is 7.28. The Kier molecular flexibility index (Phi) is 3.64. The third kappa shape index (κ3) is 2.58. The molecule has 1 aliphatic rings. The van der Waals surface area contributed by atoms with Gasteiger partial charge >= 0.3 is 5.97 Å². The van der Waals surface area contributed by atoms with Crippen molar-refractivity contribution < 1.29 is 19.0 Å². The van der Waals surface area contributed by atoms with E-state index >= 15 is 0 Å². The number of aromatic carboxylic acids is 1. The molecule has 4 nitrogen and oxygen atoms in total. The molecule has 0 saturated heterocycles. The van der Waals surface area contributed by atoms with Gasteiger partial charge in [-0.3, -0.25) is 0 Å². The number of rotatable bonds is 5. The van der Waals surface area contributed by atoms with E-state index in [-0.39, 0.29) is 11.4 Å². The highest BCUT2D eigenvalue weighted by Crippen LogP contribution is 2.37. The molecule has 0 atom stereocenters. The van der Waals surface area contributed by atoms with Crippen molar-refractivity contribution in [1.29, 1.82) is 0 Å². The number of hydrogen-bond donors (Lipinski definition) is 1. The van der Waals surface area contributed by atoms with Crippen molar-refractivity contribution in [2.24, 2.45) is 5.92 Å². The van der Waals surface area contributed by atoms with Crippen molar-refractivity contribution in [2.45, 2.75) is 26.3 Å². The van der Waals surface area contributed by atoms with Crippen LogP contribution in [-0.2, 0) is 6.54 Å². The summed E-state index contributed by atoms with van der Waals surface area (Å²) in [6.07, 6.45) is 2.31. The van der Waals surface area contributed by atoms with Gasteiger partial charge in [-0.25, -0.2) is 9.18 Å². The molecule has 1 heterocycles. The third-order valence-corrected chi connectivity index (χ3v) is 4.17. The Bertz CT molecular complexity index is 732. The molecule has 0 spiro atoms. The van der Waals surface area contributed by atoms with Crippen LogP contribution in [0, 0.1) is 18.7 Å². The summed E-state index contributed by atoms with van der Waals surface area (Å²) in [7, 11) is 1.52. The Morgan fingerprint density at radius 2 is 2.14 bits per heavy atom. The van der Waals surface area contributed by atoms with E-state index in [0.29, 0.717) is 28.6 Å². The molecule has 22 heavy (non-hydrogen) atoms. The Morgan fingerprint density at radius 1 is 1.41 bits per heavy atom. The molecule has 0 radical (unpaired) electrons. The van der Waals surface area contributed by atoms with Gasteiger partial charge in [0.2, 0.25) is 0 Å². The highest BCUT2D eigenvalue weighted by Gasteiger charge is 2.26. The topological polar surface area (TPSA) is 51.5 Å². The van der Waals surface area contributed by atoms with Crippen molar-refractivity contribution in [3.63, 3.8) is 0 Å². The van der Waals surface area contributed by atoms with Gasteiger partial charge in [-0.15, -0.1) is 0 Å². The Morgan fingerprint density at radius 3 is 2.73 bits per heavy atom. The lowest BCUT2D eigenvalue weighted by atomic mass is 10.1. The van der Waals surface area contributed by atoms with E-state index in [9.17, 15) is 14.3 Å². The Hall–Kier alpha value is -2.30. The second kappa shape index (κ2) is 5.48. The molecule has 1 fully saturated rings. The van der Waals surface area contributed by atoms with Crippen LogP contribution in [-0.4, -0.2) is 22.8 Å². The molecule has 116 valence electrons. The van der Waals surface area contributed by atoms with Crippen LogP contribution in [0.2, 0.25) is 0 Å². The fraction of sp³-hybridized carbons (Fsp3) is 0.353. The fourth-order valence-electron chi connectivity index (χ4n) is 2.76. The number of ether oxygens (including phenoxy) is 1. The van der Waals surface area contributed by atoms with Gasteiger partial charge in [0.1, 0.15) is 11.6 Å². The fourth-order valence-corrected chi connectivity index (χ4v) is 2.76. The summed E-state index contributed by atoms with van der Waals surface area (Å²) in [5.41, 5.74) is 2.22. The summed E-state index contributed by atoms with van der Waals surface area (Å²) in [5.74, 6) is -0.230. The molecule has 1 aromatic carbocycles. The van der Waals surface area contributed by atoms with Crippen LogP contribution in [0.3, 0.4) is 0 Å². The van der Waals surface area contributed by atoms with Crippen LogP contribution in [0.5, 0.6) is 5.75 Å². The number of aromatic nitrogens is 1. The zero-order valence-corrected chi connectivity index (χ0v) is 12.6. The van der Waals surface area contributed by atoms with Crippen LogP contribution in [0.15, 0.2) is 24.3 Å². The van der Waals surface area contributed by atoms with Gasteiger partial charge in [0.15, 0.2) is 0 Å². The van der Waals surface area contributed by atoms with Crippen molar-refractivity contribution in [2.75, 3.05) is 7.11 Å². The number of nitrogens with zero attached hydrogens (tertiary/aromatic N) is 1. The minimum Gasteiger partial charge on any atom is -0.496 e. The molecule has 3 rings (SSSR count). The zero-order chi connectivity index (χ0) is 15.9. The average Bonchev–Trinajstić information content (AvgIpc) is 3.23. The molecule has 2 aromatic rings. The van der Waals surface area contributed by atoms with E-state index in [0.717, 1.165) is 19.4 Å². The number of carboxylic acid groups (broad SMARTS) is 1. The van der Waals surface area contributed by atoms with Crippen molar-refractivity contribution >= 4 is 5.97 Å². The molecule has 0 amide bonds. The number of halogens is 1. The molecule has 1 N–H and O–H groups in total. The molecule has 0 bridgehead atoms. The molecule has 1 saturated carbocycles. The Balaban J connectivity index is 2.18. The molecular weight excluding hydrogens is 285 g/mol. The van der Waals surface area contributed by atoms with E-state index in [1.807, 2.05) is 4.57 Å². The number of carbonyl (C=O) groups is 1. The monoisotopic (exact) mass is 303 g/mol. The van der Waals surface area contributed by atoms with Gasteiger partial charge in [-0.2, -0.15) is 0 Å². The summed E-state index contributed by atoms with van der Waals surface area (Å²) >= 11 is 0. The maximum Gasteiger partial charge on any atom is 0.337 e. The molecular formula is C17H18FNO3. The zero-order valence-electron chi connectivity index (χ0n) is 12.6. The highest BCUT2D eigenvalue weighted by atomic mass is 19.1. The third-order valence-electron chi connectivity index (χ3n) is 4.17. The SMILES string of the molecule is COc1ccc(F)cc1-c1cc(C(=O)O)c(C)n1CC1CC1. The first-order chi connectivity index (χ1) is 10.5. The van der Waals surface area contributed by atoms with Gasteiger partial charge < -0.3 is 14.4 Å². The van der Waals surface area contributed by atoms with Gasteiger partial charge in [0, 0.05) is 17.8 Å². The smallest absolute Gasteiger partial charge is 0.337 e. The molecule has 1 aliphatic carbocycles. The highest BCUT2D eigenvalue weighted by molar-refractivity contribution is 5.91. The van der Waals surface area contributed by atoms with Crippen molar-refractivity contribution in [1.82, 2.24) is 4.57 Å². The first kappa shape index (κ1) is 14.6. The number of methoxy groups -OCH3 is 1. The van der Waals surface area contributed by atoms with Gasteiger partial charge in [-0.05, 0) is 49.9 Å². The lowest BCUT2D eigenvalue weighted by Gasteiger charge is -2.14. The normalized spacial score (nSPS) is 14.1. The molecule has 5 heteroatoms. The van der Waals surface area contributed by atoms with E-state index < -0.39 is 5.97 Å². The minimum absolute atomic E-state index is 0.252. The van der Waals surface area contributed by atoms with Crippen molar-refractivity contribution in [3.8, 4) is 17.0 Å². The minimum atomic E-state index is -0.969. The van der Waals surface area contributed by atoms with Gasteiger partial charge in [0.25, 0.3) is 0 Å². The van der Waals surface area contributed by atoms with E-state index in [1.165, 1.54) is 19.2 Å². The summed E-state index contributed by atoms with van der Waals surface area (Å²) < 4.78 is 20.9. The van der Waals surface area contributed by atoms with Crippen LogP contribution in [0.25, 0.3) is 11.3 Å². The van der Waals surface area contributed by atoms with Crippen LogP contribution in [0.1, 0.15) is 28.9 Å². The predicted molar refractivity (Wildman–Crippen MR) is 80.8 cm³/mol. The standard InChI is InChI=1S/C17H18FNO3/c1-10-13(17(20)21)8-15(19(10)9-11-3-4-11)14-7-12(18)5-6-16(14)22-2/h5-8,11H,3-4,9H2,1-2H3,(H,20,21). The summed E-state index contributed by atoms with van der Waals surface area (Å²) in [6, 6.07) is 5.90. The van der Waals surface area contributed by atoms with E-state index in [4.69, 9.17) is 4.74 Å². The largest absolute Gasteiger partial charge is 0.496 e. The lowest BCUT2D eigenvalue weighted by Crippen LogP contribution is -2.06. The number of carboxylic acids is 1. The lowest BCUT2D eigenvalue weighted by molar-refractivity contribution is 0.0696. The number of benzene rings is 1. The first-order valence-electron chi connectivity index (χ1n) is 7.28. The molecule has 0 unspecified atom stereocenters. The van der Waals surface area contributed by atoms with Crippen LogP contribution < -0.4 is 4.74 Å². The van der Waals surface area contributed by atoms with Gasteiger partial charge in [-0.1, -0.05) is 0 Å². The molecule has 0 aliphatic heterocycles. The van der Waals surface area contributed by atoms with Gasteiger partial charge in [0.05, 0.1) is 18.4 Å². The summed E-state index contributed by atoms with van der Waals surface area (Å²) in [5, 5.41) is 9.36. The second-order valence-electron chi connectivity index (χ2n) is 5.73. The maximum atomic E-state index is 13.7.